The number of H-pyrrole nitrogens is 1. The van der Waals surface area contributed by atoms with Gasteiger partial charge in [0.1, 0.15) is 17.6 Å². The third-order valence-corrected chi connectivity index (χ3v) is 12.1. The summed E-state index contributed by atoms with van der Waals surface area (Å²) in [6.45, 7) is 4.84. The van der Waals surface area contributed by atoms with Gasteiger partial charge in [0, 0.05) is 29.4 Å². The predicted octanol–water partition coefficient (Wildman–Crippen LogP) is 8.30. The van der Waals surface area contributed by atoms with Gasteiger partial charge in [-0.2, -0.15) is 0 Å². The number of piperidine rings is 3. The van der Waals surface area contributed by atoms with Gasteiger partial charge in [-0.1, -0.05) is 74.6 Å². The van der Waals surface area contributed by atoms with Gasteiger partial charge >= 0.3 is 6.09 Å². The number of hydrogen-bond acceptors (Lipinski definition) is 9. The number of fused-ring (bicyclic) bond motifs is 4. The van der Waals surface area contributed by atoms with Crippen LogP contribution in [0.2, 0.25) is 0 Å². The van der Waals surface area contributed by atoms with E-state index in [0.29, 0.717) is 35.5 Å². The SMILES string of the molecule is O=C(NC(c1ccccc1)c1cc(OCCCCCCCCCNC[C@@H](O)c2ccc(O)c3[nH]c(=O)ccc23)cc(-c2cccs2)c1)O[C@H]1CN2CCC1CC2. The summed E-state index contributed by atoms with van der Waals surface area (Å²) in [6.07, 6.45) is 8.64. The minimum Gasteiger partial charge on any atom is -0.506 e. The molecule has 3 aromatic carbocycles. The van der Waals surface area contributed by atoms with Gasteiger partial charge in [-0.3, -0.25) is 9.69 Å². The van der Waals surface area contributed by atoms with Crippen LogP contribution in [0.1, 0.15) is 86.6 Å². The van der Waals surface area contributed by atoms with Gasteiger partial charge in [-0.05, 0) is 115 Å². The highest BCUT2D eigenvalue weighted by atomic mass is 32.1. The molecule has 1 unspecified atom stereocenters. The standard InChI is InChI=1S/C45H54N4O6S/c50-38-17-15-36(37-16-18-42(52)47-44(37)38)39(51)29-46-21-9-4-2-1-3-5-10-24-54-35-27-33(41-14-11-25-56-41)26-34(28-35)43(32-12-7-6-8-13-32)48-45(53)55-40-30-49-22-19-31(40)20-23-49/h6-8,11-18,25-28,31,39-40,43,46,50-51H,1-5,9-10,19-24,29-30H2,(H,47,52)(H,48,53)/t39-,40+,43?/m1/s1. The molecule has 1 amide bonds. The molecule has 0 saturated carbocycles. The van der Waals surface area contributed by atoms with Crippen molar-refractivity contribution in [3.05, 3.63) is 117 Å². The Morgan fingerprint density at radius 1 is 0.893 bits per heavy atom. The number of pyridine rings is 1. The molecule has 296 valence electrons. The number of thiophene rings is 1. The third-order valence-electron chi connectivity index (χ3n) is 11.2. The lowest BCUT2D eigenvalue weighted by atomic mass is 9.86. The normalized spacial score (nSPS) is 18.8. The molecule has 0 spiro atoms. The molecule has 0 radical (unpaired) electrons. The third kappa shape index (κ3) is 10.4. The number of aliphatic hydroxyl groups excluding tert-OH is 1. The minimum absolute atomic E-state index is 0.0104. The van der Waals surface area contributed by atoms with E-state index < -0.39 is 6.10 Å². The lowest BCUT2D eigenvalue weighted by molar-refractivity contribution is -0.0336. The average Bonchev–Trinajstić information content (AvgIpc) is 3.77. The number of ether oxygens (including phenoxy) is 2. The Kier molecular flexibility index (Phi) is 13.7. The lowest BCUT2D eigenvalue weighted by Gasteiger charge is -2.43. The number of benzene rings is 3. The molecule has 3 atom stereocenters. The zero-order chi connectivity index (χ0) is 38.7. The number of carbonyl (C=O) groups excluding carboxylic acids is 1. The van der Waals surface area contributed by atoms with E-state index in [1.54, 1.807) is 23.5 Å². The zero-order valence-corrected chi connectivity index (χ0v) is 32.8. The molecule has 5 aromatic rings. The molecule has 5 N–H and O–H groups in total. The van der Waals surface area contributed by atoms with Crippen molar-refractivity contribution >= 4 is 28.3 Å². The highest BCUT2D eigenvalue weighted by molar-refractivity contribution is 7.13. The van der Waals surface area contributed by atoms with Gasteiger partial charge in [0.25, 0.3) is 0 Å². The summed E-state index contributed by atoms with van der Waals surface area (Å²) in [5, 5.41) is 30.2. The number of aromatic hydroxyl groups is 1. The molecule has 56 heavy (non-hydrogen) atoms. The van der Waals surface area contributed by atoms with Crippen molar-refractivity contribution in [2.75, 3.05) is 39.3 Å². The van der Waals surface area contributed by atoms with Gasteiger partial charge in [-0.25, -0.2) is 4.79 Å². The van der Waals surface area contributed by atoms with Gasteiger partial charge in [0.2, 0.25) is 5.56 Å². The van der Waals surface area contributed by atoms with Crippen molar-refractivity contribution in [1.29, 1.82) is 0 Å². The van der Waals surface area contributed by atoms with E-state index in [0.717, 1.165) is 105 Å². The number of hydrogen-bond donors (Lipinski definition) is 5. The van der Waals surface area contributed by atoms with Crippen molar-refractivity contribution in [3.63, 3.8) is 0 Å². The molecular formula is C45H54N4O6S. The number of nitrogens with one attached hydrogen (secondary N) is 3. The van der Waals surface area contributed by atoms with Gasteiger partial charge in [-0.15, -0.1) is 11.3 Å². The second-order valence-electron chi connectivity index (χ2n) is 15.2. The van der Waals surface area contributed by atoms with Crippen molar-refractivity contribution in [2.45, 2.75) is 76.0 Å². The highest BCUT2D eigenvalue weighted by Crippen LogP contribution is 2.35. The summed E-state index contributed by atoms with van der Waals surface area (Å²) in [5.74, 6) is 1.23. The Hall–Kier alpha value is -4.68. The summed E-state index contributed by atoms with van der Waals surface area (Å²) in [5.41, 5.74) is 3.74. The first-order chi connectivity index (χ1) is 27.4. The van der Waals surface area contributed by atoms with E-state index in [9.17, 15) is 19.8 Å². The number of nitrogens with zero attached hydrogens (tertiary/aromatic N) is 1. The quantitative estimate of drug-likeness (QED) is 0.0529. The first kappa shape index (κ1) is 39.6. The maximum Gasteiger partial charge on any atom is 0.408 e. The van der Waals surface area contributed by atoms with Crippen LogP contribution in [0.15, 0.2) is 95.1 Å². The minimum atomic E-state index is -0.749. The number of carbonyl (C=O) groups is 1. The van der Waals surface area contributed by atoms with Gasteiger partial charge < -0.3 is 35.3 Å². The largest absolute Gasteiger partial charge is 0.506 e. The molecule has 3 aliphatic heterocycles. The molecular weight excluding hydrogens is 725 g/mol. The number of phenolic OH excluding ortho intramolecular Hbond substituents is 1. The highest BCUT2D eigenvalue weighted by Gasteiger charge is 2.37. The number of unbranched alkanes of at least 4 members (excludes halogenated alkanes) is 6. The summed E-state index contributed by atoms with van der Waals surface area (Å²) in [4.78, 5) is 31.3. The van der Waals surface area contributed by atoms with E-state index in [-0.39, 0.29) is 29.5 Å². The number of amides is 1. The molecule has 2 bridgehead atoms. The smallest absolute Gasteiger partial charge is 0.408 e. The van der Waals surface area contributed by atoms with E-state index in [1.165, 1.54) is 18.6 Å². The zero-order valence-electron chi connectivity index (χ0n) is 32.0. The summed E-state index contributed by atoms with van der Waals surface area (Å²) >= 11 is 1.69. The molecule has 0 aliphatic carbocycles. The number of phenols is 1. The fraction of sp³-hybridized carbons (Fsp3) is 0.422. The Labute approximate surface area is 332 Å². The summed E-state index contributed by atoms with van der Waals surface area (Å²) in [6, 6.07) is 26.4. The fourth-order valence-electron chi connectivity index (χ4n) is 8.12. The number of aromatic nitrogens is 1. The van der Waals surface area contributed by atoms with Gasteiger partial charge in [0.15, 0.2) is 0 Å². The van der Waals surface area contributed by atoms with Crippen LogP contribution in [0.4, 0.5) is 4.79 Å². The second-order valence-corrected chi connectivity index (χ2v) is 16.1. The number of alkyl carbamates (subject to hydrolysis) is 1. The van der Waals surface area contributed by atoms with Crippen LogP contribution in [0.5, 0.6) is 11.5 Å². The van der Waals surface area contributed by atoms with Crippen LogP contribution in [0, 0.1) is 5.92 Å². The molecule has 3 aliphatic rings. The fourth-order valence-corrected chi connectivity index (χ4v) is 8.83. The topological polar surface area (TPSA) is 136 Å². The Morgan fingerprint density at radius 3 is 2.43 bits per heavy atom. The molecule has 3 saturated heterocycles. The van der Waals surface area contributed by atoms with Gasteiger partial charge in [0.05, 0.1) is 24.3 Å². The molecule has 2 aromatic heterocycles. The number of rotatable bonds is 19. The van der Waals surface area contributed by atoms with Crippen molar-refractivity contribution < 1.29 is 24.5 Å². The molecule has 5 heterocycles. The van der Waals surface area contributed by atoms with Crippen LogP contribution in [-0.4, -0.2) is 71.6 Å². The summed E-state index contributed by atoms with van der Waals surface area (Å²) < 4.78 is 12.5. The van der Waals surface area contributed by atoms with E-state index in [1.807, 2.05) is 30.3 Å². The number of aromatic amines is 1. The molecule has 11 heteroatoms. The van der Waals surface area contributed by atoms with E-state index in [4.69, 9.17) is 9.47 Å². The van der Waals surface area contributed by atoms with E-state index >= 15 is 0 Å². The monoisotopic (exact) mass is 778 g/mol. The van der Waals surface area contributed by atoms with Crippen LogP contribution in [-0.2, 0) is 4.74 Å². The average molecular weight is 779 g/mol. The first-order valence-corrected chi connectivity index (χ1v) is 21.1. The first-order valence-electron chi connectivity index (χ1n) is 20.2. The molecule has 10 nitrogen and oxygen atoms in total. The van der Waals surface area contributed by atoms with Crippen molar-refractivity contribution in [3.8, 4) is 21.9 Å². The second kappa shape index (κ2) is 19.5. The predicted molar refractivity (Wildman–Crippen MR) is 222 cm³/mol. The van der Waals surface area contributed by atoms with Crippen LogP contribution in [0.25, 0.3) is 21.3 Å². The lowest BCUT2D eigenvalue weighted by Crippen LogP contribution is -2.52. The van der Waals surface area contributed by atoms with Crippen LogP contribution >= 0.6 is 11.3 Å². The number of aliphatic hydroxyl groups is 1. The maximum absolute atomic E-state index is 13.4. The Balaban J connectivity index is 0.855. The van der Waals surface area contributed by atoms with Crippen LogP contribution in [0.3, 0.4) is 0 Å². The Morgan fingerprint density at radius 2 is 1.68 bits per heavy atom. The van der Waals surface area contributed by atoms with Crippen molar-refractivity contribution in [2.24, 2.45) is 5.92 Å². The molecule has 3 fully saturated rings. The van der Waals surface area contributed by atoms with E-state index in [2.05, 4.69) is 56.2 Å². The summed E-state index contributed by atoms with van der Waals surface area (Å²) in [7, 11) is 0. The maximum atomic E-state index is 13.4. The molecule has 8 rings (SSSR count). The van der Waals surface area contributed by atoms with Crippen LogP contribution < -0.4 is 20.9 Å². The Bertz CT molecular complexity index is 2060. The van der Waals surface area contributed by atoms with Crippen molar-refractivity contribution in [1.82, 2.24) is 20.5 Å².